The summed E-state index contributed by atoms with van der Waals surface area (Å²) in [4.78, 5) is 24.7. The summed E-state index contributed by atoms with van der Waals surface area (Å²) in [5.41, 5.74) is 2.53. The topological polar surface area (TPSA) is 82.5 Å². The Kier molecular flexibility index (Phi) is 4.94. The average Bonchev–Trinajstić information content (AvgIpc) is 3.09. The molecule has 0 unspecified atom stereocenters. The molecule has 0 saturated heterocycles. The third-order valence-electron chi connectivity index (χ3n) is 4.58. The van der Waals surface area contributed by atoms with Crippen LogP contribution < -0.4 is 5.63 Å². The lowest BCUT2D eigenvalue weighted by molar-refractivity contribution is 0.0472. The SMILES string of the molecule is Cc1cc2oc(=O)cc(COC(=O)c3c(-c4ccccc4)noc3C)c2cc1Cl. The number of hydrogen-bond acceptors (Lipinski definition) is 6. The first-order valence-corrected chi connectivity index (χ1v) is 9.23. The zero-order chi connectivity index (χ0) is 20.5. The molecule has 4 aromatic rings. The second-order valence-corrected chi connectivity index (χ2v) is 7.00. The van der Waals surface area contributed by atoms with E-state index in [1.807, 2.05) is 37.3 Å². The molecule has 0 atom stereocenters. The number of carbonyl (C=O) groups is 1. The molecule has 0 amide bonds. The number of ether oxygens (including phenoxy) is 1. The summed E-state index contributed by atoms with van der Waals surface area (Å²) in [5.74, 6) is -0.243. The van der Waals surface area contributed by atoms with Crippen molar-refractivity contribution in [1.82, 2.24) is 5.16 Å². The van der Waals surface area contributed by atoms with Gasteiger partial charge in [0.2, 0.25) is 0 Å². The van der Waals surface area contributed by atoms with Crippen molar-refractivity contribution < 1.29 is 18.5 Å². The predicted octanol–water partition coefficient (Wildman–Crippen LogP) is 5.08. The lowest BCUT2D eigenvalue weighted by atomic mass is 10.1. The maximum absolute atomic E-state index is 12.8. The van der Waals surface area contributed by atoms with Gasteiger partial charge in [0.25, 0.3) is 0 Å². The lowest BCUT2D eigenvalue weighted by Crippen LogP contribution is -2.09. The highest BCUT2D eigenvalue weighted by molar-refractivity contribution is 6.32. The minimum absolute atomic E-state index is 0.126. The van der Waals surface area contributed by atoms with Crippen LogP contribution in [0.15, 0.2) is 62.3 Å². The van der Waals surface area contributed by atoms with E-state index in [1.54, 1.807) is 19.1 Å². The molecular formula is C22H16ClNO5. The summed E-state index contributed by atoms with van der Waals surface area (Å²) >= 11 is 6.20. The summed E-state index contributed by atoms with van der Waals surface area (Å²) in [6, 6.07) is 13.9. The normalized spacial score (nSPS) is 11.0. The van der Waals surface area contributed by atoms with Gasteiger partial charge in [-0.1, -0.05) is 47.1 Å². The molecule has 29 heavy (non-hydrogen) atoms. The fraction of sp³-hybridized carbons (Fsp3) is 0.136. The molecule has 0 saturated carbocycles. The summed E-state index contributed by atoms with van der Waals surface area (Å²) in [5, 5.41) is 5.13. The minimum Gasteiger partial charge on any atom is -0.457 e. The van der Waals surface area contributed by atoms with E-state index >= 15 is 0 Å². The van der Waals surface area contributed by atoms with Crippen LogP contribution in [0.3, 0.4) is 0 Å². The van der Waals surface area contributed by atoms with E-state index in [-0.39, 0.29) is 12.2 Å². The standard InChI is InChI=1S/C22H16ClNO5/c1-12-8-18-16(10-17(12)23)15(9-19(25)28-18)11-27-22(26)20-13(2)29-24-21(20)14-6-4-3-5-7-14/h3-10H,11H2,1-2H3. The Bertz CT molecular complexity index is 1270. The van der Waals surface area contributed by atoms with E-state index in [2.05, 4.69) is 5.16 Å². The highest BCUT2D eigenvalue weighted by Crippen LogP contribution is 2.28. The number of hydrogen-bond donors (Lipinski definition) is 0. The molecule has 0 fully saturated rings. The Balaban J connectivity index is 1.66. The summed E-state index contributed by atoms with van der Waals surface area (Å²) < 4.78 is 15.9. The third kappa shape index (κ3) is 3.67. The van der Waals surface area contributed by atoms with E-state index in [1.165, 1.54) is 6.07 Å². The van der Waals surface area contributed by atoms with Crippen LogP contribution in [0.4, 0.5) is 0 Å². The molecule has 7 heteroatoms. The number of benzene rings is 2. The number of halogens is 1. The molecule has 0 aliphatic rings. The van der Waals surface area contributed by atoms with Crippen LogP contribution in [0.2, 0.25) is 5.02 Å². The highest BCUT2D eigenvalue weighted by Gasteiger charge is 2.23. The predicted molar refractivity (Wildman–Crippen MR) is 108 cm³/mol. The molecule has 2 aromatic carbocycles. The van der Waals surface area contributed by atoms with Crippen molar-refractivity contribution in [2.45, 2.75) is 20.5 Å². The number of rotatable bonds is 4. The molecule has 4 rings (SSSR count). The molecular weight excluding hydrogens is 394 g/mol. The van der Waals surface area contributed by atoms with Crippen molar-refractivity contribution in [1.29, 1.82) is 0 Å². The fourth-order valence-electron chi connectivity index (χ4n) is 3.09. The molecule has 0 N–H and O–H groups in total. The second kappa shape index (κ2) is 7.56. The van der Waals surface area contributed by atoms with E-state index in [0.717, 1.165) is 11.1 Å². The maximum atomic E-state index is 12.8. The largest absolute Gasteiger partial charge is 0.457 e. The average molecular weight is 410 g/mol. The van der Waals surface area contributed by atoms with Gasteiger partial charge in [0.05, 0.1) is 0 Å². The Morgan fingerprint density at radius 1 is 1.14 bits per heavy atom. The van der Waals surface area contributed by atoms with Gasteiger partial charge in [-0.15, -0.1) is 0 Å². The summed E-state index contributed by atoms with van der Waals surface area (Å²) in [6.45, 7) is 3.33. The van der Waals surface area contributed by atoms with E-state index in [4.69, 9.17) is 25.3 Å². The second-order valence-electron chi connectivity index (χ2n) is 6.59. The van der Waals surface area contributed by atoms with Gasteiger partial charge in [0.15, 0.2) is 0 Å². The molecule has 146 valence electrons. The smallest absolute Gasteiger partial charge is 0.344 e. The van der Waals surface area contributed by atoms with Gasteiger partial charge in [-0.2, -0.15) is 0 Å². The van der Waals surface area contributed by atoms with Gasteiger partial charge in [0.1, 0.15) is 29.2 Å². The van der Waals surface area contributed by atoms with Crippen molar-refractivity contribution in [3.63, 3.8) is 0 Å². The van der Waals surface area contributed by atoms with Crippen LogP contribution in [0.1, 0.15) is 27.2 Å². The zero-order valence-corrected chi connectivity index (χ0v) is 16.4. The number of aromatic nitrogens is 1. The lowest BCUT2D eigenvalue weighted by Gasteiger charge is -2.09. The Labute approximate surface area is 170 Å². The van der Waals surface area contributed by atoms with Crippen molar-refractivity contribution in [3.8, 4) is 11.3 Å². The highest BCUT2D eigenvalue weighted by atomic mass is 35.5. The first-order chi connectivity index (χ1) is 13.9. The first kappa shape index (κ1) is 19.0. The van der Waals surface area contributed by atoms with Gasteiger partial charge in [0, 0.05) is 27.6 Å². The van der Waals surface area contributed by atoms with Crippen molar-refractivity contribution in [2.75, 3.05) is 0 Å². The quantitative estimate of drug-likeness (QED) is 0.345. The number of carbonyl (C=O) groups excluding carboxylic acids is 1. The number of aryl methyl sites for hydroxylation is 2. The molecule has 0 spiro atoms. The first-order valence-electron chi connectivity index (χ1n) is 8.85. The monoisotopic (exact) mass is 409 g/mol. The van der Waals surface area contributed by atoms with Crippen LogP contribution >= 0.6 is 11.6 Å². The molecule has 0 aliphatic heterocycles. The molecule has 6 nitrogen and oxygen atoms in total. The Morgan fingerprint density at radius 3 is 2.66 bits per heavy atom. The van der Waals surface area contributed by atoms with E-state index in [0.29, 0.717) is 33.0 Å². The van der Waals surface area contributed by atoms with Crippen LogP contribution in [0.25, 0.3) is 22.2 Å². The van der Waals surface area contributed by atoms with Crippen LogP contribution in [-0.4, -0.2) is 11.1 Å². The zero-order valence-electron chi connectivity index (χ0n) is 15.7. The van der Waals surface area contributed by atoms with Gasteiger partial charge in [-0.3, -0.25) is 0 Å². The molecule has 0 radical (unpaired) electrons. The maximum Gasteiger partial charge on any atom is 0.344 e. The van der Waals surface area contributed by atoms with Gasteiger partial charge in [-0.25, -0.2) is 9.59 Å². The van der Waals surface area contributed by atoms with Gasteiger partial charge >= 0.3 is 11.6 Å². The number of esters is 1. The third-order valence-corrected chi connectivity index (χ3v) is 4.99. The molecule has 2 heterocycles. The summed E-state index contributed by atoms with van der Waals surface area (Å²) in [6.07, 6.45) is 0. The fourth-order valence-corrected chi connectivity index (χ4v) is 3.25. The Hall–Kier alpha value is -3.38. The molecule has 0 bridgehead atoms. The van der Waals surface area contributed by atoms with E-state index in [9.17, 15) is 9.59 Å². The number of fused-ring (bicyclic) bond motifs is 1. The van der Waals surface area contributed by atoms with Gasteiger partial charge in [-0.05, 0) is 31.5 Å². The van der Waals surface area contributed by atoms with Crippen molar-refractivity contribution >= 4 is 28.5 Å². The van der Waals surface area contributed by atoms with Crippen molar-refractivity contribution in [3.05, 3.63) is 86.4 Å². The van der Waals surface area contributed by atoms with Gasteiger partial charge < -0.3 is 13.7 Å². The van der Waals surface area contributed by atoms with Crippen LogP contribution in [0.5, 0.6) is 0 Å². The van der Waals surface area contributed by atoms with Crippen molar-refractivity contribution in [2.24, 2.45) is 0 Å². The van der Waals surface area contributed by atoms with Crippen LogP contribution in [0, 0.1) is 13.8 Å². The Morgan fingerprint density at radius 2 is 1.90 bits per heavy atom. The number of nitrogens with zero attached hydrogens (tertiary/aromatic N) is 1. The molecule has 0 aliphatic carbocycles. The molecule has 2 aromatic heterocycles. The van der Waals surface area contributed by atoms with E-state index < -0.39 is 11.6 Å². The summed E-state index contributed by atoms with van der Waals surface area (Å²) in [7, 11) is 0. The minimum atomic E-state index is -0.595. The van der Waals surface area contributed by atoms with Crippen LogP contribution in [-0.2, 0) is 11.3 Å².